The molecule has 1 fully saturated rings. The van der Waals surface area contributed by atoms with Gasteiger partial charge in [0.25, 0.3) is 0 Å². The lowest BCUT2D eigenvalue weighted by atomic mass is 10.1. The smallest absolute Gasteiger partial charge is 0.122 e. The summed E-state index contributed by atoms with van der Waals surface area (Å²) in [4.78, 5) is 4.00. The van der Waals surface area contributed by atoms with Crippen LogP contribution < -0.4 is 5.73 Å². The van der Waals surface area contributed by atoms with E-state index in [2.05, 4.69) is 35.4 Å². The maximum Gasteiger partial charge on any atom is 0.122 e. The van der Waals surface area contributed by atoms with Crippen LogP contribution in [0.25, 0.3) is 0 Å². The van der Waals surface area contributed by atoms with Crippen molar-refractivity contribution in [3.8, 4) is 0 Å². The molecule has 3 heterocycles. The quantitative estimate of drug-likeness (QED) is 0.939. The molecule has 3 unspecified atom stereocenters. The molecular weight excluding hydrogens is 280 g/mol. The lowest BCUT2D eigenvalue weighted by molar-refractivity contribution is 0.162. The van der Waals surface area contributed by atoms with Crippen LogP contribution in [-0.2, 0) is 13.0 Å². The summed E-state index contributed by atoms with van der Waals surface area (Å²) < 4.78 is 6.13. The Bertz CT molecular complexity index is 632. The summed E-state index contributed by atoms with van der Waals surface area (Å²) in [6, 6.07) is 6.76. The molecule has 2 aromatic heterocycles. The van der Waals surface area contributed by atoms with Gasteiger partial charge in [-0.25, -0.2) is 0 Å². The van der Waals surface area contributed by atoms with Crippen LogP contribution >= 0.6 is 11.3 Å². The second-order valence-electron chi connectivity index (χ2n) is 6.40. The molecule has 21 heavy (non-hydrogen) atoms. The fraction of sp³-hybridized carbons (Fsp3) is 0.529. The summed E-state index contributed by atoms with van der Waals surface area (Å²) in [6.07, 6.45) is 2.40. The van der Waals surface area contributed by atoms with Crippen molar-refractivity contribution in [1.82, 2.24) is 4.90 Å². The van der Waals surface area contributed by atoms with E-state index in [1.807, 2.05) is 11.3 Å². The van der Waals surface area contributed by atoms with Gasteiger partial charge in [-0.05, 0) is 47.9 Å². The number of furan rings is 1. The molecule has 3 atom stereocenters. The Morgan fingerprint density at radius 3 is 3.05 bits per heavy atom. The third kappa shape index (κ3) is 2.45. The largest absolute Gasteiger partial charge is 0.464 e. The zero-order valence-electron chi connectivity index (χ0n) is 12.4. The number of nitrogens with two attached hydrogens (primary N) is 1. The minimum Gasteiger partial charge on any atom is -0.464 e. The van der Waals surface area contributed by atoms with Crippen molar-refractivity contribution < 1.29 is 4.42 Å². The van der Waals surface area contributed by atoms with Crippen molar-refractivity contribution in [3.63, 3.8) is 0 Å². The predicted octanol–water partition coefficient (Wildman–Crippen LogP) is 3.52. The lowest BCUT2D eigenvalue weighted by Gasteiger charge is -2.32. The van der Waals surface area contributed by atoms with E-state index < -0.39 is 0 Å². The van der Waals surface area contributed by atoms with E-state index in [1.165, 1.54) is 16.9 Å². The molecule has 0 aromatic carbocycles. The Morgan fingerprint density at radius 2 is 2.29 bits per heavy atom. The molecule has 4 heteroatoms. The first-order valence-corrected chi connectivity index (χ1v) is 8.73. The van der Waals surface area contributed by atoms with Gasteiger partial charge in [-0.2, -0.15) is 0 Å². The average Bonchev–Trinajstić information content (AvgIpc) is 2.94. The molecule has 1 aliphatic heterocycles. The number of hydrogen-bond donors (Lipinski definition) is 1. The second-order valence-corrected chi connectivity index (χ2v) is 7.40. The Hall–Kier alpha value is -1.10. The molecule has 2 aromatic rings. The molecule has 2 aliphatic rings. The number of fused-ring (bicyclic) bond motifs is 1. The fourth-order valence-electron chi connectivity index (χ4n) is 3.45. The monoisotopic (exact) mass is 302 g/mol. The Kier molecular flexibility index (Phi) is 3.40. The molecule has 1 aliphatic carbocycles. The first-order valence-electron chi connectivity index (χ1n) is 7.85. The van der Waals surface area contributed by atoms with Crippen LogP contribution in [-0.4, -0.2) is 18.0 Å². The summed E-state index contributed by atoms with van der Waals surface area (Å²) in [5.41, 5.74) is 7.53. The van der Waals surface area contributed by atoms with Crippen molar-refractivity contribution in [3.05, 3.63) is 45.5 Å². The predicted molar refractivity (Wildman–Crippen MR) is 85.5 cm³/mol. The van der Waals surface area contributed by atoms with Gasteiger partial charge in [0.2, 0.25) is 0 Å². The molecular formula is C17H22N2OS. The van der Waals surface area contributed by atoms with E-state index in [9.17, 15) is 0 Å². The Morgan fingerprint density at radius 1 is 1.43 bits per heavy atom. The van der Waals surface area contributed by atoms with Crippen LogP contribution in [0, 0.1) is 5.92 Å². The standard InChI is InChI=1S/C17H22N2OS/c1-11-8-13(11)15-2-3-16(20-15)14(9-18)19-6-4-17-12(10-19)5-7-21-17/h2-3,5,7,11,13-14H,4,6,8-10,18H2,1H3. The van der Waals surface area contributed by atoms with E-state index in [0.29, 0.717) is 12.5 Å². The average molecular weight is 302 g/mol. The normalized spacial score (nSPS) is 26.6. The van der Waals surface area contributed by atoms with Gasteiger partial charge >= 0.3 is 0 Å². The van der Waals surface area contributed by atoms with Crippen LogP contribution in [0.1, 0.15) is 47.3 Å². The minimum absolute atomic E-state index is 0.209. The summed E-state index contributed by atoms with van der Waals surface area (Å²) in [5, 5.41) is 2.20. The third-order valence-corrected chi connectivity index (χ3v) is 5.98. The van der Waals surface area contributed by atoms with Crippen LogP contribution in [0.4, 0.5) is 0 Å². The summed E-state index contributed by atoms with van der Waals surface area (Å²) in [5.74, 6) is 3.63. The van der Waals surface area contributed by atoms with Crippen LogP contribution in [0.15, 0.2) is 28.0 Å². The van der Waals surface area contributed by atoms with E-state index in [0.717, 1.165) is 36.9 Å². The highest BCUT2D eigenvalue weighted by Crippen LogP contribution is 2.47. The van der Waals surface area contributed by atoms with Gasteiger partial charge in [-0.15, -0.1) is 11.3 Å². The molecule has 0 spiro atoms. The number of hydrogen-bond acceptors (Lipinski definition) is 4. The highest BCUT2D eigenvalue weighted by Gasteiger charge is 2.37. The molecule has 1 saturated carbocycles. The zero-order valence-corrected chi connectivity index (χ0v) is 13.2. The number of rotatable bonds is 4. The van der Waals surface area contributed by atoms with Crippen molar-refractivity contribution in [1.29, 1.82) is 0 Å². The molecule has 0 bridgehead atoms. The summed E-state index contributed by atoms with van der Waals surface area (Å²) in [7, 11) is 0. The topological polar surface area (TPSA) is 42.4 Å². The molecule has 0 radical (unpaired) electrons. The fourth-order valence-corrected chi connectivity index (χ4v) is 4.34. The van der Waals surface area contributed by atoms with Crippen molar-refractivity contribution in [2.45, 2.75) is 38.3 Å². The van der Waals surface area contributed by atoms with E-state index in [-0.39, 0.29) is 6.04 Å². The number of thiophene rings is 1. The molecule has 2 N–H and O–H groups in total. The van der Waals surface area contributed by atoms with Gasteiger partial charge in [-0.3, -0.25) is 4.90 Å². The van der Waals surface area contributed by atoms with Crippen molar-refractivity contribution in [2.75, 3.05) is 13.1 Å². The molecule has 4 rings (SSSR count). The SMILES string of the molecule is CC1CC1c1ccc(C(CN)N2CCc3sccc3C2)o1. The van der Waals surface area contributed by atoms with Crippen molar-refractivity contribution in [2.24, 2.45) is 11.7 Å². The van der Waals surface area contributed by atoms with E-state index >= 15 is 0 Å². The van der Waals surface area contributed by atoms with Gasteiger partial charge in [0, 0.05) is 30.4 Å². The number of nitrogens with zero attached hydrogens (tertiary/aromatic N) is 1. The first-order chi connectivity index (χ1) is 10.3. The van der Waals surface area contributed by atoms with E-state index in [4.69, 9.17) is 10.2 Å². The van der Waals surface area contributed by atoms with Gasteiger partial charge in [0.15, 0.2) is 0 Å². The highest BCUT2D eigenvalue weighted by molar-refractivity contribution is 7.10. The Labute approximate surface area is 129 Å². The highest BCUT2D eigenvalue weighted by atomic mass is 32.1. The van der Waals surface area contributed by atoms with Gasteiger partial charge in [0.05, 0.1) is 6.04 Å². The summed E-state index contributed by atoms with van der Waals surface area (Å²) in [6.45, 7) is 4.98. The maximum absolute atomic E-state index is 6.13. The molecule has 0 saturated heterocycles. The van der Waals surface area contributed by atoms with Crippen LogP contribution in [0.5, 0.6) is 0 Å². The maximum atomic E-state index is 6.13. The van der Waals surface area contributed by atoms with E-state index in [1.54, 1.807) is 0 Å². The molecule has 3 nitrogen and oxygen atoms in total. The Balaban J connectivity index is 1.53. The second kappa shape index (κ2) is 5.27. The zero-order chi connectivity index (χ0) is 14.4. The third-order valence-electron chi connectivity index (χ3n) is 4.95. The van der Waals surface area contributed by atoms with Gasteiger partial charge < -0.3 is 10.2 Å². The van der Waals surface area contributed by atoms with Crippen molar-refractivity contribution >= 4 is 11.3 Å². The molecule has 0 amide bonds. The van der Waals surface area contributed by atoms with Crippen LogP contribution in [0.2, 0.25) is 0 Å². The van der Waals surface area contributed by atoms with Gasteiger partial charge in [-0.1, -0.05) is 6.92 Å². The summed E-state index contributed by atoms with van der Waals surface area (Å²) >= 11 is 1.88. The lowest BCUT2D eigenvalue weighted by Crippen LogP contribution is -2.37. The minimum atomic E-state index is 0.209. The first kappa shape index (κ1) is 13.6. The van der Waals surface area contributed by atoms with Gasteiger partial charge in [0.1, 0.15) is 11.5 Å². The molecule has 112 valence electrons. The van der Waals surface area contributed by atoms with Crippen LogP contribution in [0.3, 0.4) is 0 Å².